The summed E-state index contributed by atoms with van der Waals surface area (Å²) in [5.41, 5.74) is 3.71. The van der Waals surface area contributed by atoms with E-state index in [4.69, 9.17) is 4.74 Å². The van der Waals surface area contributed by atoms with Gasteiger partial charge in [-0.15, -0.1) is 5.10 Å². The van der Waals surface area contributed by atoms with E-state index in [2.05, 4.69) is 35.0 Å². The molecular weight excluding hydrogens is 322 g/mol. The van der Waals surface area contributed by atoms with Crippen LogP contribution in [0.1, 0.15) is 25.8 Å². The van der Waals surface area contributed by atoms with Gasteiger partial charge in [0.2, 0.25) is 5.90 Å². The van der Waals surface area contributed by atoms with Crippen molar-refractivity contribution in [3.63, 3.8) is 0 Å². The van der Waals surface area contributed by atoms with E-state index >= 15 is 0 Å². The zero-order chi connectivity index (χ0) is 17.9. The third-order valence-electron chi connectivity index (χ3n) is 4.09. The summed E-state index contributed by atoms with van der Waals surface area (Å²) in [4.78, 5) is 25.4. The Labute approximate surface area is 146 Å². The van der Waals surface area contributed by atoms with E-state index in [1.54, 1.807) is 24.3 Å². The molecule has 3 amide bonds. The van der Waals surface area contributed by atoms with Gasteiger partial charge in [0.15, 0.2) is 6.61 Å². The smallest absolute Gasteiger partial charge is 0.321 e. The van der Waals surface area contributed by atoms with Gasteiger partial charge in [-0.3, -0.25) is 4.79 Å². The number of hydrogen-bond donors (Lipinski definition) is 3. The number of carbonyl (C=O) groups is 2. The van der Waals surface area contributed by atoms with Gasteiger partial charge in [0.25, 0.3) is 5.91 Å². The Balaban J connectivity index is 1.63. The summed E-state index contributed by atoms with van der Waals surface area (Å²) >= 11 is 0. The normalized spacial score (nSPS) is 20.0. The van der Waals surface area contributed by atoms with E-state index in [1.807, 2.05) is 4.90 Å². The van der Waals surface area contributed by atoms with E-state index in [0.29, 0.717) is 18.1 Å². The molecule has 1 aromatic carbocycles. The molecule has 25 heavy (non-hydrogen) atoms. The van der Waals surface area contributed by atoms with Crippen molar-refractivity contribution >= 4 is 23.5 Å². The van der Waals surface area contributed by atoms with Crippen molar-refractivity contribution in [1.29, 1.82) is 0 Å². The van der Waals surface area contributed by atoms with E-state index in [9.17, 15) is 9.59 Å². The first kappa shape index (κ1) is 17.2. The molecule has 134 valence electrons. The molecule has 8 nitrogen and oxygen atoms in total. The zero-order valence-electron chi connectivity index (χ0n) is 14.5. The Morgan fingerprint density at radius 1 is 1.32 bits per heavy atom. The molecule has 0 bridgehead atoms. The Kier molecular flexibility index (Phi) is 4.89. The molecule has 0 atom stereocenters. The summed E-state index contributed by atoms with van der Waals surface area (Å²) < 4.78 is 5.26. The molecule has 2 aliphatic heterocycles. The van der Waals surface area contributed by atoms with Crippen LogP contribution < -0.4 is 16.1 Å². The fourth-order valence-corrected chi connectivity index (χ4v) is 2.84. The molecule has 1 aromatic rings. The number of carbonyl (C=O) groups excluding carboxylic acids is 2. The van der Waals surface area contributed by atoms with Crippen LogP contribution in [0.3, 0.4) is 0 Å². The molecule has 0 aliphatic carbocycles. The molecule has 2 aliphatic rings. The van der Waals surface area contributed by atoms with Crippen molar-refractivity contribution in [2.45, 2.75) is 25.8 Å². The third kappa shape index (κ3) is 4.48. The molecule has 3 rings (SSSR count). The number of hydrogen-bond acceptors (Lipinski definition) is 5. The van der Waals surface area contributed by atoms with Gasteiger partial charge in [0.1, 0.15) is 0 Å². The highest BCUT2D eigenvalue weighted by atomic mass is 16.5. The first-order valence-electron chi connectivity index (χ1n) is 8.34. The second-order valence-electron chi connectivity index (χ2n) is 6.83. The fraction of sp³-hybridized carbons (Fsp3) is 0.471. The second-order valence-corrected chi connectivity index (χ2v) is 6.83. The van der Waals surface area contributed by atoms with Gasteiger partial charge < -0.3 is 20.3 Å². The van der Waals surface area contributed by atoms with Crippen LogP contribution in [0.4, 0.5) is 10.5 Å². The summed E-state index contributed by atoms with van der Waals surface area (Å²) in [5.74, 6) is 0.0836. The van der Waals surface area contributed by atoms with Crippen molar-refractivity contribution in [3.8, 4) is 0 Å². The standard InChI is InChI=1S/C17H23N5O3/c1-17(2)11-22(9-3-8-18-17)16(24)19-13-6-4-12(5-7-13)15-21-20-14(23)10-25-15/h4-7,18H,3,8-11H2,1-2H3,(H,19,24)(H,20,23). The molecule has 0 spiro atoms. The molecule has 0 radical (unpaired) electrons. The minimum Gasteiger partial charge on any atom is -0.466 e. The fourth-order valence-electron chi connectivity index (χ4n) is 2.84. The number of nitrogens with one attached hydrogen (secondary N) is 3. The van der Waals surface area contributed by atoms with Gasteiger partial charge in [-0.1, -0.05) is 0 Å². The number of rotatable bonds is 2. The number of urea groups is 1. The quantitative estimate of drug-likeness (QED) is 0.748. The summed E-state index contributed by atoms with van der Waals surface area (Å²) in [6, 6.07) is 7.05. The summed E-state index contributed by atoms with van der Waals surface area (Å²) in [5, 5.41) is 10.2. The lowest BCUT2D eigenvalue weighted by Gasteiger charge is -2.30. The van der Waals surface area contributed by atoms with E-state index in [-0.39, 0.29) is 24.1 Å². The molecule has 2 heterocycles. The zero-order valence-corrected chi connectivity index (χ0v) is 14.5. The number of hydrazone groups is 1. The topological polar surface area (TPSA) is 95.1 Å². The molecule has 0 saturated carbocycles. The number of anilines is 1. The monoisotopic (exact) mass is 345 g/mol. The lowest BCUT2D eigenvalue weighted by atomic mass is 10.1. The first-order valence-corrected chi connectivity index (χ1v) is 8.34. The Morgan fingerprint density at radius 3 is 2.76 bits per heavy atom. The Bertz CT molecular complexity index is 684. The van der Waals surface area contributed by atoms with Crippen LogP contribution >= 0.6 is 0 Å². The number of amides is 3. The maximum absolute atomic E-state index is 12.5. The maximum atomic E-state index is 12.5. The summed E-state index contributed by atoms with van der Waals surface area (Å²) in [7, 11) is 0. The lowest BCUT2D eigenvalue weighted by Crippen LogP contribution is -2.48. The maximum Gasteiger partial charge on any atom is 0.321 e. The van der Waals surface area contributed by atoms with Crippen molar-refractivity contribution in [2.75, 3.05) is 31.6 Å². The highest BCUT2D eigenvalue weighted by molar-refractivity contribution is 5.98. The van der Waals surface area contributed by atoms with Crippen LogP contribution in [-0.4, -0.2) is 54.5 Å². The molecule has 8 heteroatoms. The van der Waals surface area contributed by atoms with Gasteiger partial charge in [0, 0.05) is 29.9 Å². The van der Waals surface area contributed by atoms with E-state index in [0.717, 1.165) is 25.1 Å². The molecular formula is C17H23N5O3. The second kappa shape index (κ2) is 7.10. The minimum atomic E-state index is -0.275. The highest BCUT2D eigenvalue weighted by Crippen LogP contribution is 2.15. The summed E-state index contributed by atoms with van der Waals surface area (Å²) in [6.45, 7) is 6.43. The Morgan fingerprint density at radius 2 is 2.08 bits per heavy atom. The van der Waals surface area contributed by atoms with Crippen LogP contribution in [0.15, 0.2) is 29.4 Å². The van der Waals surface area contributed by atoms with Crippen molar-refractivity contribution in [3.05, 3.63) is 29.8 Å². The average Bonchev–Trinajstić information content (AvgIpc) is 2.77. The first-order chi connectivity index (χ1) is 11.9. The molecule has 0 aromatic heterocycles. The van der Waals surface area contributed by atoms with Gasteiger partial charge >= 0.3 is 6.03 Å². The van der Waals surface area contributed by atoms with Gasteiger partial charge in [-0.05, 0) is 51.1 Å². The molecule has 1 fully saturated rings. The van der Waals surface area contributed by atoms with Crippen molar-refractivity contribution in [2.24, 2.45) is 5.10 Å². The largest absolute Gasteiger partial charge is 0.466 e. The van der Waals surface area contributed by atoms with Gasteiger partial charge in [-0.25, -0.2) is 10.2 Å². The number of ether oxygens (including phenoxy) is 1. The lowest BCUT2D eigenvalue weighted by molar-refractivity contribution is -0.124. The van der Waals surface area contributed by atoms with Gasteiger partial charge in [-0.2, -0.15) is 0 Å². The SMILES string of the molecule is CC1(C)CN(C(=O)Nc2ccc(C3=NNC(=O)CO3)cc2)CCCN1. The third-order valence-corrected chi connectivity index (χ3v) is 4.09. The highest BCUT2D eigenvalue weighted by Gasteiger charge is 2.27. The molecule has 1 saturated heterocycles. The van der Waals surface area contributed by atoms with Crippen LogP contribution in [0.25, 0.3) is 0 Å². The van der Waals surface area contributed by atoms with Crippen molar-refractivity contribution in [1.82, 2.24) is 15.6 Å². The van der Waals surface area contributed by atoms with Crippen molar-refractivity contribution < 1.29 is 14.3 Å². The summed E-state index contributed by atoms with van der Waals surface area (Å²) in [6.07, 6.45) is 0.929. The predicted octanol–water partition coefficient (Wildman–Crippen LogP) is 1.10. The average molecular weight is 345 g/mol. The predicted molar refractivity (Wildman–Crippen MR) is 94.4 cm³/mol. The molecule has 0 unspecified atom stereocenters. The van der Waals surface area contributed by atoms with E-state index < -0.39 is 0 Å². The number of nitrogens with zero attached hydrogens (tertiary/aromatic N) is 2. The molecule has 3 N–H and O–H groups in total. The van der Waals surface area contributed by atoms with Crippen LogP contribution in [0, 0.1) is 0 Å². The van der Waals surface area contributed by atoms with Gasteiger partial charge in [0.05, 0.1) is 0 Å². The van der Waals surface area contributed by atoms with Crippen LogP contribution in [-0.2, 0) is 9.53 Å². The Hall–Kier alpha value is -2.61. The minimum absolute atomic E-state index is 0.0455. The van der Waals surface area contributed by atoms with Crippen LogP contribution in [0.5, 0.6) is 0 Å². The number of benzene rings is 1. The van der Waals surface area contributed by atoms with Crippen LogP contribution in [0.2, 0.25) is 0 Å². The van der Waals surface area contributed by atoms with E-state index in [1.165, 1.54) is 0 Å².